The van der Waals surface area contributed by atoms with E-state index in [0.717, 1.165) is 44.9 Å². The van der Waals surface area contributed by atoms with Crippen LogP contribution in [0, 0.1) is 0 Å². The highest BCUT2D eigenvalue weighted by atomic mass is 16.5. The first-order chi connectivity index (χ1) is 10.2. The molecule has 3 heterocycles. The Labute approximate surface area is 124 Å². The maximum Gasteiger partial charge on any atom is 0.224 e. The molecule has 0 saturated carbocycles. The number of hydrogen-bond donors (Lipinski definition) is 1. The molecule has 1 amide bonds. The summed E-state index contributed by atoms with van der Waals surface area (Å²) in [6, 6.07) is 0.169. The predicted molar refractivity (Wildman–Crippen MR) is 76.8 cm³/mol. The summed E-state index contributed by atoms with van der Waals surface area (Å²) < 4.78 is 7.38. The summed E-state index contributed by atoms with van der Waals surface area (Å²) in [5.74, 6) is 1.68. The second kappa shape index (κ2) is 6.53. The predicted octanol–water partition coefficient (Wildman–Crippen LogP) is -0.100. The molecule has 7 heteroatoms. The first-order valence-electron chi connectivity index (χ1n) is 7.67. The van der Waals surface area contributed by atoms with Crippen LogP contribution in [0.15, 0.2) is 6.33 Å². The van der Waals surface area contributed by atoms with Crippen LogP contribution in [0.5, 0.6) is 0 Å². The number of amides is 1. The number of likely N-dealkylation sites (tertiary alicyclic amines) is 1. The standard InChI is InChI=1S/C14H23N5O2/c1-18-10-16-17-14(18)11-2-5-19(6-3-11)13(20)8-12-9-21-7-4-15-12/h10-12,15H,2-9H2,1H3. The number of morpholine rings is 1. The van der Waals surface area contributed by atoms with E-state index in [-0.39, 0.29) is 11.9 Å². The van der Waals surface area contributed by atoms with Crippen molar-refractivity contribution in [2.24, 2.45) is 7.05 Å². The first kappa shape index (κ1) is 14.5. The van der Waals surface area contributed by atoms with Crippen LogP contribution in [0.3, 0.4) is 0 Å². The van der Waals surface area contributed by atoms with Crippen LogP contribution in [0.2, 0.25) is 0 Å². The molecule has 2 aliphatic rings. The lowest BCUT2D eigenvalue weighted by atomic mass is 9.95. The van der Waals surface area contributed by atoms with Crippen molar-refractivity contribution >= 4 is 5.91 Å². The lowest BCUT2D eigenvalue weighted by molar-refractivity contribution is -0.133. The van der Waals surface area contributed by atoms with Crippen molar-refractivity contribution in [1.29, 1.82) is 0 Å². The normalized spacial score (nSPS) is 24.2. The summed E-state index contributed by atoms with van der Waals surface area (Å²) in [5, 5.41) is 11.5. The van der Waals surface area contributed by atoms with Gasteiger partial charge in [0.25, 0.3) is 0 Å². The first-order valence-corrected chi connectivity index (χ1v) is 7.67. The van der Waals surface area contributed by atoms with Crippen molar-refractivity contribution in [1.82, 2.24) is 25.0 Å². The molecule has 1 aromatic heterocycles. The van der Waals surface area contributed by atoms with Gasteiger partial charge in [-0.25, -0.2) is 0 Å². The lowest BCUT2D eigenvalue weighted by Crippen LogP contribution is -2.46. The Morgan fingerprint density at radius 3 is 2.90 bits per heavy atom. The van der Waals surface area contributed by atoms with E-state index >= 15 is 0 Å². The van der Waals surface area contributed by atoms with Crippen molar-refractivity contribution in [3.05, 3.63) is 12.2 Å². The van der Waals surface area contributed by atoms with Gasteiger partial charge >= 0.3 is 0 Å². The molecule has 2 aliphatic heterocycles. The van der Waals surface area contributed by atoms with Crippen LogP contribution in [0.25, 0.3) is 0 Å². The molecular formula is C14H23N5O2. The van der Waals surface area contributed by atoms with Crippen molar-refractivity contribution in [3.63, 3.8) is 0 Å². The van der Waals surface area contributed by atoms with Crippen molar-refractivity contribution in [2.75, 3.05) is 32.8 Å². The summed E-state index contributed by atoms with van der Waals surface area (Å²) in [5.41, 5.74) is 0. The molecule has 2 fully saturated rings. The van der Waals surface area contributed by atoms with Gasteiger partial charge in [0.1, 0.15) is 12.2 Å². The molecule has 1 aromatic rings. The Hall–Kier alpha value is -1.47. The number of nitrogens with zero attached hydrogens (tertiary/aromatic N) is 4. The van der Waals surface area contributed by atoms with E-state index in [4.69, 9.17) is 4.74 Å². The molecule has 21 heavy (non-hydrogen) atoms. The molecule has 1 N–H and O–H groups in total. The van der Waals surface area contributed by atoms with Gasteiger partial charge in [0.15, 0.2) is 0 Å². The molecular weight excluding hydrogens is 270 g/mol. The van der Waals surface area contributed by atoms with E-state index in [0.29, 0.717) is 18.9 Å². The maximum absolute atomic E-state index is 12.3. The summed E-state index contributed by atoms with van der Waals surface area (Å²) in [4.78, 5) is 14.3. The Morgan fingerprint density at radius 2 is 2.29 bits per heavy atom. The number of carbonyl (C=O) groups excluding carboxylic acids is 1. The zero-order valence-corrected chi connectivity index (χ0v) is 12.5. The molecule has 116 valence electrons. The van der Waals surface area contributed by atoms with Crippen LogP contribution < -0.4 is 5.32 Å². The summed E-state index contributed by atoms with van der Waals surface area (Å²) in [6.45, 7) is 3.84. The molecule has 0 bridgehead atoms. The summed E-state index contributed by atoms with van der Waals surface area (Å²) in [7, 11) is 1.97. The zero-order chi connectivity index (χ0) is 14.7. The van der Waals surface area contributed by atoms with Gasteiger partial charge in [0, 0.05) is 45.1 Å². The van der Waals surface area contributed by atoms with E-state index in [1.165, 1.54) is 0 Å². The maximum atomic E-state index is 12.3. The molecule has 7 nitrogen and oxygen atoms in total. The number of ether oxygens (including phenoxy) is 1. The smallest absolute Gasteiger partial charge is 0.224 e. The third kappa shape index (κ3) is 3.41. The summed E-state index contributed by atoms with van der Waals surface area (Å²) >= 11 is 0. The number of aryl methyl sites for hydroxylation is 1. The second-order valence-corrected chi connectivity index (χ2v) is 5.89. The van der Waals surface area contributed by atoms with Crippen molar-refractivity contribution < 1.29 is 9.53 Å². The van der Waals surface area contributed by atoms with E-state index < -0.39 is 0 Å². The SMILES string of the molecule is Cn1cnnc1C1CCN(C(=O)CC2COCCN2)CC1. The minimum atomic E-state index is 0.169. The van der Waals surface area contributed by atoms with Gasteiger partial charge in [-0.3, -0.25) is 4.79 Å². The average Bonchev–Trinajstić information content (AvgIpc) is 2.94. The molecule has 3 rings (SSSR count). The minimum absolute atomic E-state index is 0.169. The van der Waals surface area contributed by atoms with E-state index in [1.54, 1.807) is 6.33 Å². The number of hydrogen-bond acceptors (Lipinski definition) is 5. The van der Waals surface area contributed by atoms with Gasteiger partial charge in [0.05, 0.1) is 13.2 Å². The topological polar surface area (TPSA) is 72.3 Å². The van der Waals surface area contributed by atoms with E-state index in [2.05, 4.69) is 15.5 Å². The molecule has 1 atom stereocenters. The Bertz CT molecular complexity index is 475. The lowest BCUT2D eigenvalue weighted by Gasteiger charge is -2.33. The van der Waals surface area contributed by atoms with Crippen LogP contribution in [0.4, 0.5) is 0 Å². The van der Waals surface area contributed by atoms with Crippen LogP contribution in [0.1, 0.15) is 31.0 Å². The van der Waals surface area contributed by atoms with Gasteiger partial charge in [-0.1, -0.05) is 0 Å². The Balaban J connectivity index is 1.48. The molecule has 0 aromatic carbocycles. The summed E-state index contributed by atoms with van der Waals surface area (Å²) in [6.07, 6.45) is 4.20. The van der Waals surface area contributed by atoms with Gasteiger partial charge in [-0.15, -0.1) is 10.2 Å². The highest BCUT2D eigenvalue weighted by Gasteiger charge is 2.27. The van der Waals surface area contributed by atoms with Gasteiger partial charge in [0.2, 0.25) is 5.91 Å². The van der Waals surface area contributed by atoms with Gasteiger partial charge in [-0.2, -0.15) is 0 Å². The van der Waals surface area contributed by atoms with Crippen molar-refractivity contribution in [2.45, 2.75) is 31.2 Å². The highest BCUT2D eigenvalue weighted by Crippen LogP contribution is 2.26. The number of rotatable bonds is 3. The van der Waals surface area contributed by atoms with Gasteiger partial charge < -0.3 is 19.5 Å². The van der Waals surface area contributed by atoms with E-state index in [9.17, 15) is 4.79 Å². The zero-order valence-electron chi connectivity index (χ0n) is 12.5. The fraction of sp³-hybridized carbons (Fsp3) is 0.786. The molecule has 0 spiro atoms. The van der Waals surface area contributed by atoms with Crippen LogP contribution in [-0.2, 0) is 16.6 Å². The molecule has 0 aliphatic carbocycles. The van der Waals surface area contributed by atoms with Gasteiger partial charge in [-0.05, 0) is 12.8 Å². The van der Waals surface area contributed by atoms with Crippen LogP contribution in [-0.4, -0.2) is 64.5 Å². The fourth-order valence-corrected chi connectivity index (χ4v) is 3.14. The van der Waals surface area contributed by atoms with E-state index in [1.807, 2.05) is 16.5 Å². The Morgan fingerprint density at radius 1 is 1.48 bits per heavy atom. The largest absolute Gasteiger partial charge is 0.378 e. The molecule has 1 unspecified atom stereocenters. The third-order valence-electron chi connectivity index (χ3n) is 4.38. The minimum Gasteiger partial charge on any atom is -0.378 e. The van der Waals surface area contributed by atoms with Crippen molar-refractivity contribution in [3.8, 4) is 0 Å². The second-order valence-electron chi connectivity index (χ2n) is 5.89. The highest BCUT2D eigenvalue weighted by molar-refractivity contribution is 5.77. The number of nitrogens with one attached hydrogen (secondary N) is 1. The number of piperidine rings is 1. The molecule has 0 radical (unpaired) electrons. The fourth-order valence-electron chi connectivity index (χ4n) is 3.14. The number of aromatic nitrogens is 3. The Kier molecular flexibility index (Phi) is 4.50. The monoisotopic (exact) mass is 293 g/mol. The molecule has 2 saturated heterocycles. The van der Waals surface area contributed by atoms with Crippen LogP contribution >= 0.6 is 0 Å². The number of carbonyl (C=O) groups is 1. The third-order valence-corrected chi connectivity index (χ3v) is 4.38. The quantitative estimate of drug-likeness (QED) is 0.842. The average molecular weight is 293 g/mol.